The van der Waals surface area contributed by atoms with E-state index >= 15 is 0 Å². The van der Waals surface area contributed by atoms with Crippen molar-refractivity contribution in [1.29, 1.82) is 0 Å². The first kappa shape index (κ1) is 17.5. The summed E-state index contributed by atoms with van der Waals surface area (Å²) < 4.78 is 33.3. The minimum absolute atomic E-state index is 0.0248. The maximum atomic E-state index is 12.6. The van der Waals surface area contributed by atoms with Crippen LogP contribution in [0.4, 0.5) is 10.6 Å². The van der Waals surface area contributed by atoms with Crippen LogP contribution in [0.15, 0.2) is 11.4 Å². The lowest BCUT2D eigenvalue weighted by Gasteiger charge is -2.34. The number of ether oxygens (including phenoxy) is 1. The summed E-state index contributed by atoms with van der Waals surface area (Å²) in [6.07, 6.45) is 0.925. The first-order valence-corrected chi connectivity index (χ1v) is 8.71. The zero-order valence-corrected chi connectivity index (χ0v) is 14.6. The Hall–Kier alpha value is -1.81. The Morgan fingerprint density at radius 2 is 1.83 bits per heavy atom. The van der Waals surface area contributed by atoms with Crippen LogP contribution in [0.25, 0.3) is 0 Å². The summed E-state index contributed by atoms with van der Waals surface area (Å²) in [5.41, 5.74) is 5.08. The molecule has 0 aromatic carbocycles. The molecule has 0 spiro atoms. The van der Waals surface area contributed by atoms with Gasteiger partial charge in [-0.05, 0) is 20.8 Å². The molecule has 2 heterocycles. The summed E-state index contributed by atoms with van der Waals surface area (Å²) in [6, 6.07) is 0. The molecular weight excluding hydrogens is 322 g/mol. The van der Waals surface area contributed by atoms with Gasteiger partial charge in [-0.25, -0.2) is 18.2 Å². The summed E-state index contributed by atoms with van der Waals surface area (Å²) in [5.74, 6) is -0.0259. The lowest BCUT2D eigenvalue weighted by Crippen LogP contribution is -2.51. The molecule has 10 heteroatoms. The molecule has 2 rings (SSSR count). The molecule has 1 saturated heterocycles. The highest BCUT2D eigenvalue weighted by molar-refractivity contribution is 7.89. The molecule has 1 fully saturated rings. The normalized spacial score (nSPS) is 17.3. The van der Waals surface area contributed by atoms with Gasteiger partial charge in [0.15, 0.2) is 10.8 Å². The van der Waals surface area contributed by atoms with Crippen LogP contribution in [-0.4, -0.2) is 65.0 Å². The predicted molar refractivity (Wildman–Crippen MR) is 84.2 cm³/mol. The highest BCUT2D eigenvalue weighted by Crippen LogP contribution is 2.22. The molecule has 23 heavy (non-hydrogen) atoms. The van der Waals surface area contributed by atoms with Crippen LogP contribution in [0.1, 0.15) is 20.8 Å². The Bertz CT molecular complexity index is 664. The van der Waals surface area contributed by atoms with Crippen LogP contribution in [0, 0.1) is 0 Å². The number of nitrogen functional groups attached to an aromatic ring is 1. The van der Waals surface area contributed by atoms with E-state index in [4.69, 9.17) is 10.5 Å². The topological polar surface area (TPSA) is 111 Å². The van der Waals surface area contributed by atoms with Gasteiger partial charge in [0, 0.05) is 33.2 Å². The molecule has 1 amide bonds. The van der Waals surface area contributed by atoms with Crippen molar-refractivity contribution in [3.8, 4) is 0 Å². The molecule has 1 aromatic rings. The van der Waals surface area contributed by atoms with Gasteiger partial charge in [-0.15, -0.1) is 0 Å². The smallest absolute Gasteiger partial charge is 0.410 e. The number of nitrogens with two attached hydrogens (primary N) is 1. The number of rotatable bonds is 2. The molecule has 0 aliphatic carbocycles. The number of carbonyl (C=O) groups excluding carboxylic acids is 1. The van der Waals surface area contributed by atoms with Crippen LogP contribution in [0.5, 0.6) is 0 Å². The van der Waals surface area contributed by atoms with E-state index in [9.17, 15) is 13.2 Å². The largest absolute Gasteiger partial charge is 0.444 e. The molecule has 1 aliphatic heterocycles. The van der Waals surface area contributed by atoms with Crippen LogP contribution >= 0.6 is 0 Å². The van der Waals surface area contributed by atoms with Gasteiger partial charge in [0.25, 0.3) is 10.0 Å². The number of nitrogens with zero attached hydrogens (tertiary/aromatic N) is 4. The maximum Gasteiger partial charge on any atom is 0.410 e. The molecule has 1 aromatic heterocycles. The van der Waals surface area contributed by atoms with Crippen molar-refractivity contribution in [3.63, 3.8) is 0 Å². The quantitative estimate of drug-likeness (QED) is 0.822. The van der Waals surface area contributed by atoms with E-state index in [1.165, 1.54) is 20.1 Å². The van der Waals surface area contributed by atoms with Crippen molar-refractivity contribution in [2.24, 2.45) is 7.05 Å². The van der Waals surface area contributed by atoms with Crippen molar-refractivity contribution in [3.05, 3.63) is 6.33 Å². The SMILES string of the molecule is Cn1cnc(N)c1S(=O)(=O)N1CCN(C(=O)OC(C)(C)C)CC1. The number of piperazine rings is 1. The van der Waals surface area contributed by atoms with Crippen molar-refractivity contribution >= 4 is 21.9 Å². The average Bonchev–Trinajstić information content (AvgIpc) is 2.77. The van der Waals surface area contributed by atoms with Crippen LogP contribution in [-0.2, 0) is 21.8 Å². The zero-order chi connectivity index (χ0) is 17.4. The second-order valence-electron chi connectivity index (χ2n) is 6.42. The Morgan fingerprint density at radius 1 is 1.26 bits per heavy atom. The highest BCUT2D eigenvalue weighted by atomic mass is 32.2. The number of imidazole rings is 1. The van der Waals surface area contributed by atoms with Crippen LogP contribution < -0.4 is 5.73 Å². The van der Waals surface area contributed by atoms with E-state index in [1.54, 1.807) is 27.8 Å². The number of carbonyl (C=O) groups is 1. The van der Waals surface area contributed by atoms with Crippen molar-refractivity contribution < 1.29 is 17.9 Å². The van der Waals surface area contributed by atoms with Gasteiger partial charge >= 0.3 is 6.09 Å². The number of aryl methyl sites for hydroxylation is 1. The summed E-state index contributed by atoms with van der Waals surface area (Å²) in [4.78, 5) is 17.3. The molecule has 0 saturated carbocycles. The first-order chi connectivity index (χ1) is 10.5. The average molecular weight is 345 g/mol. The third-order valence-electron chi connectivity index (χ3n) is 3.38. The number of sulfonamides is 1. The maximum absolute atomic E-state index is 12.6. The minimum Gasteiger partial charge on any atom is -0.444 e. The fourth-order valence-corrected chi connectivity index (χ4v) is 3.93. The van der Waals surface area contributed by atoms with E-state index in [1.807, 2.05) is 0 Å². The monoisotopic (exact) mass is 345 g/mol. The van der Waals surface area contributed by atoms with Gasteiger partial charge in [0.1, 0.15) is 5.60 Å². The summed E-state index contributed by atoms with van der Waals surface area (Å²) in [6.45, 7) is 6.28. The summed E-state index contributed by atoms with van der Waals surface area (Å²) >= 11 is 0. The van der Waals surface area contributed by atoms with Gasteiger partial charge in [0.05, 0.1) is 6.33 Å². The van der Waals surface area contributed by atoms with Crippen LogP contribution in [0.3, 0.4) is 0 Å². The molecule has 2 N–H and O–H groups in total. The molecule has 130 valence electrons. The molecule has 0 atom stereocenters. The van der Waals surface area contributed by atoms with E-state index in [-0.39, 0.29) is 37.0 Å². The van der Waals surface area contributed by atoms with Crippen molar-refractivity contribution in [2.45, 2.75) is 31.4 Å². The Balaban J connectivity index is 2.06. The molecular formula is C13H23N5O4S. The van der Waals surface area contributed by atoms with Gasteiger partial charge in [-0.1, -0.05) is 0 Å². The minimum atomic E-state index is -3.73. The van der Waals surface area contributed by atoms with E-state index in [2.05, 4.69) is 4.98 Å². The summed E-state index contributed by atoms with van der Waals surface area (Å²) in [7, 11) is -2.16. The third kappa shape index (κ3) is 3.75. The zero-order valence-electron chi connectivity index (χ0n) is 13.8. The molecule has 0 unspecified atom stereocenters. The molecule has 1 aliphatic rings. The van der Waals surface area contributed by atoms with Gasteiger partial charge in [-0.2, -0.15) is 4.31 Å². The second-order valence-corrected chi connectivity index (χ2v) is 8.27. The van der Waals surface area contributed by atoms with E-state index < -0.39 is 21.7 Å². The number of anilines is 1. The van der Waals surface area contributed by atoms with E-state index in [0.717, 1.165) is 0 Å². The lowest BCUT2D eigenvalue weighted by atomic mass is 10.2. The lowest BCUT2D eigenvalue weighted by molar-refractivity contribution is 0.0192. The number of hydrogen-bond donors (Lipinski definition) is 1. The number of hydrogen-bond acceptors (Lipinski definition) is 6. The Morgan fingerprint density at radius 3 is 2.26 bits per heavy atom. The fourth-order valence-electron chi connectivity index (χ4n) is 2.31. The standard InChI is InChI=1S/C13H23N5O4S/c1-13(2,3)22-12(19)17-5-7-18(8-6-17)23(20,21)11-10(14)15-9-16(11)4/h9H,5-8,14H2,1-4H3. The molecule has 9 nitrogen and oxygen atoms in total. The van der Waals surface area contributed by atoms with Crippen molar-refractivity contribution in [2.75, 3.05) is 31.9 Å². The third-order valence-corrected chi connectivity index (χ3v) is 5.41. The first-order valence-electron chi connectivity index (χ1n) is 7.27. The Kier molecular flexibility index (Phi) is 4.58. The Labute approximate surface area is 136 Å². The number of amides is 1. The highest BCUT2D eigenvalue weighted by Gasteiger charge is 2.34. The summed E-state index contributed by atoms with van der Waals surface area (Å²) in [5, 5.41) is -0.0248. The molecule has 0 radical (unpaired) electrons. The van der Waals surface area contributed by atoms with Crippen molar-refractivity contribution in [1.82, 2.24) is 18.8 Å². The van der Waals surface area contributed by atoms with Gasteiger partial charge < -0.3 is 19.9 Å². The van der Waals surface area contributed by atoms with Gasteiger partial charge in [-0.3, -0.25) is 0 Å². The van der Waals surface area contributed by atoms with E-state index in [0.29, 0.717) is 0 Å². The number of aromatic nitrogens is 2. The second kappa shape index (κ2) is 6.00. The molecule has 0 bridgehead atoms. The fraction of sp³-hybridized carbons (Fsp3) is 0.692. The van der Waals surface area contributed by atoms with Crippen LogP contribution in [0.2, 0.25) is 0 Å². The van der Waals surface area contributed by atoms with Gasteiger partial charge in [0.2, 0.25) is 0 Å². The predicted octanol–water partition coefficient (Wildman–Crippen LogP) is 0.244.